The van der Waals surface area contributed by atoms with Gasteiger partial charge in [0.15, 0.2) is 0 Å². The minimum Gasteiger partial charge on any atom is -0.496 e. The molecule has 0 aliphatic heterocycles. The molecular formula is C33H47NO2. The van der Waals surface area contributed by atoms with E-state index in [1.807, 2.05) is 0 Å². The van der Waals surface area contributed by atoms with E-state index in [2.05, 4.69) is 83.2 Å². The molecule has 0 saturated heterocycles. The van der Waals surface area contributed by atoms with Crippen molar-refractivity contribution in [3.63, 3.8) is 0 Å². The van der Waals surface area contributed by atoms with E-state index < -0.39 is 0 Å². The second kappa shape index (κ2) is 10.6. The lowest BCUT2D eigenvalue weighted by Gasteiger charge is -2.59. The zero-order valence-corrected chi connectivity index (χ0v) is 23.6. The maximum absolute atomic E-state index is 6.21. The van der Waals surface area contributed by atoms with Crippen molar-refractivity contribution in [1.82, 2.24) is 0 Å². The Morgan fingerprint density at radius 3 is 2.19 bits per heavy atom. The first-order valence-corrected chi connectivity index (χ1v) is 13.9. The van der Waals surface area contributed by atoms with Crippen LogP contribution in [0, 0.1) is 17.3 Å². The largest absolute Gasteiger partial charge is 0.496 e. The van der Waals surface area contributed by atoms with Crippen LogP contribution in [-0.4, -0.2) is 20.8 Å². The third-order valence-corrected chi connectivity index (χ3v) is 9.64. The second-order valence-corrected chi connectivity index (χ2v) is 12.2. The molecule has 1 fully saturated rings. The molecule has 3 heteroatoms. The Morgan fingerprint density at radius 1 is 1.03 bits per heavy atom. The molecule has 2 aromatic carbocycles. The van der Waals surface area contributed by atoms with Gasteiger partial charge in [-0.25, -0.2) is 0 Å². The van der Waals surface area contributed by atoms with E-state index in [9.17, 15) is 0 Å². The molecule has 3 aliphatic rings. The molecule has 1 saturated carbocycles. The number of nitrogens with two attached hydrogens (primary N) is 1. The highest BCUT2D eigenvalue weighted by Crippen LogP contribution is 2.65. The summed E-state index contributed by atoms with van der Waals surface area (Å²) in [4.78, 5) is 0. The monoisotopic (exact) mass is 489 g/mol. The summed E-state index contributed by atoms with van der Waals surface area (Å²) in [6.07, 6.45) is 8.52. The Morgan fingerprint density at radius 2 is 1.67 bits per heavy atom. The molecule has 0 radical (unpaired) electrons. The quantitative estimate of drug-likeness (QED) is 0.257. The Bertz CT molecular complexity index is 1040. The van der Waals surface area contributed by atoms with E-state index in [0.717, 1.165) is 11.5 Å². The van der Waals surface area contributed by atoms with Crippen molar-refractivity contribution < 1.29 is 9.47 Å². The zero-order valence-electron chi connectivity index (χ0n) is 23.6. The fourth-order valence-corrected chi connectivity index (χ4v) is 7.22. The number of rotatable bonds is 11. The average Bonchev–Trinajstić information content (AvgIpc) is 2.89. The first-order valence-electron chi connectivity index (χ1n) is 13.9. The van der Waals surface area contributed by atoms with Crippen LogP contribution in [-0.2, 0) is 5.41 Å². The predicted octanol–water partition coefficient (Wildman–Crippen LogP) is 7.99. The van der Waals surface area contributed by atoms with Crippen molar-refractivity contribution in [3.05, 3.63) is 70.8 Å². The van der Waals surface area contributed by atoms with Gasteiger partial charge in [-0.2, -0.15) is 0 Å². The Balaban J connectivity index is 1.79. The summed E-state index contributed by atoms with van der Waals surface area (Å²) in [5.74, 6) is 3.74. The highest BCUT2D eigenvalue weighted by Gasteiger charge is 2.56. The molecule has 2 bridgehead atoms. The number of allylic oxidation sites excluding steroid dienone is 1. The van der Waals surface area contributed by atoms with Crippen molar-refractivity contribution in [1.29, 1.82) is 0 Å². The van der Waals surface area contributed by atoms with Crippen LogP contribution in [0.1, 0.15) is 95.2 Å². The molecule has 5 rings (SSSR count). The van der Waals surface area contributed by atoms with E-state index in [1.54, 1.807) is 14.2 Å². The molecule has 0 heterocycles. The first-order chi connectivity index (χ1) is 17.2. The van der Waals surface area contributed by atoms with Gasteiger partial charge < -0.3 is 15.2 Å². The Kier molecular flexibility index (Phi) is 7.90. The molecule has 1 unspecified atom stereocenters. The summed E-state index contributed by atoms with van der Waals surface area (Å²) >= 11 is 0. The van der Waals surface area contributed by atoms with E-state index in [1.165, 1.54) is 54.4 Å². The highest BCUT2D eigenvalue weighted by molar-refractivity contribution is 5.55. The molecule has 0 aromatic heterocycles. The van der Waals surface area contributed by atoms with Crippen LogP contribution in [0.3, 0.4) is 0 Å². The van der Waals surface area contributed by atoms with Gasteiger partial charge in [0.25, 0.3) is 0 Å². The standard InChI is InChI=1S/C33H47NO2/c1-8-9-11-16-26(22-14-12-10-13-15-22)32(2,3)24-18-29(35-6)31(30(19-24)36-7)25-17-23(21-34)27-20-28(25)33(27,4)5/h10,12-15,17-19,25-28H,8-9,11,16,20-21,34H2,1-7H3/t25-,26?,27+,28-/m0/s1. The lowest BCUT2D eigenvalue weighted by molar-refractivity contribution is -0.0206. The van der Waals surface area contributed by atoms with Crippen molar-refractivity contribution in [3.8, 4) is 11.5 Å². The van der Waals surface area contributed by atoms with E-state index >= 15 is 0 Å². The number of methoxy groups -OCH3 is 2. The summed E-state index contributed by atoms with van der Waals surface area (Å²) < 4.78 is 12.2. The first kappa shape index (κ1) is 26.8. The minimum atomic E-state index is -0.0835. The van der Waals surface area contributed by atoms with Crippen LogP contribution in [0.2, 0.25) is 0 Å². The van der Waals surface area contributed by atoms with Crippen LogP contribution in [0.25, 0.3) is 0 Å². The predicted molar refractivity (Wildman–Crippen MR) is 151 cm³/mol. The Labute approximate surface area is 219 Å². The number of ether oxygens (including phenoxy) is 2. The number of benzene rings is 2. The molecule has 196 valence electrons. The normalized spacial score (nSPS) is 23.4. The molecule has 0 amide bonds. The maximum Gasteiger partial charge on any atom is 0.126 e. The van der Waals surface area contributed by atoms with Crippen LogP contribution >= 0.6 is 0 Å². The van der Waals surface area contributed by atoms with Gasteiger partial charge in [0.1, 0.15) is 11.5 Å². The maximum atomic E-state index is 6.21. The van der Waals surface area contributed by atoms with Gasteiger partial charge in [0, 0.05) is 18.0 Å². The van der Waals surface area contributed by atoms with Crippen molar-refractivity contribution >= 4 is 0 Å². The van der Waals surface area contributed by atoms with Crippen molar-refractivity contribution in [2.45, 2.75) is 84.0 Å². The van der Waals surface area contributed by atoms with Gasteiger partial charge in [-0.15, -0.1) is 0 Å². The van der Waals surface area contributed by atoms with E-state index in [0.29, 0.717) is 24.3 Å². The Hall–Kier alpha value is -2.26. The highest BCUT2D eigenvalue weighted by atomic mass is 16.5. The molecule has 2 aromatic rings. The molecule has 3 aliphatic carbocycles. The lowest BCUT2D eigenvalue weighted by Crippen LogP contribution is -2.52. The van der Waals surface area contributed by atoms with Gasteiger partial charge in [-0.1, -0.05) is 95.9 Å². The van der Waals surface area contributed by atoms with Gasteiger partial charge >= 0.3 is 0 Å². The smallest absolute Gasteiger partial charge is 0.126 e. The second-order valence-electron chi connectivity index (χ2n) is 12.2. The number of unbranched alkanes of at least 4 members (excludes halogenated alkanes) is 2. The van der Waals surface area contributed by atoms with Crippen LogP contribution in [0.5, 0.6) is 11.5 Å². The minimum absolute atomic E-state index is 0.0835. The lowest BCUT2D eigenvalue weighted by atomic mass is 9.45. The summed E-state index contributed by atoms with van der Waals surface area (Å²) in [5.41, 5.74) is 11.6. The summed E-state index contributed by atoms with van der Waals surface area (Å²) in [7, 11) is 3.60. The van der Waals surface area contributed by atoms with E-state index in [-0.39, 0.29) is 16.7 Å². The van der Waals surface area contributed by atoms with Crippen LogP contribution in [0.4, 0.5) is 0 Å². The topological polar surface area (TPSA) is 44.5 Å². The fourth-order valence-electron chi connectivity index (χ4n) is 7.22. The SMILES string of the molecule is CCCCCC(c1ccccc1)C(C)(C)c1cc(OC)c([C@H]2C=C(CN)[C@H]3C[C@@H]2C3(C)C)c(OC)c1. The van der Waals surface area contributed by atoms with Gasteiger partial charge in [-0.05, 0) is 64.7 Å². The molecular weight excluding hydrogens is 442 g/mol. The summed E-state index contributed by atoms with van der Waals surface area (Å²) in [6, 6.07) is 15.6. The van der Waals surface area contributed by atoms with Gasteiger partial charge in [0.05, 0.1) is 14.2 Å². The zero-order chi connectivity index (χ0) is 26.1. The van der Waals surface area contributed by atoms with Crippen molar-refractivity contribution in [2.75, 3.05) is 20.8 Å². The molecule has 3 nitrogen and oxygen atoms in total. The summed E-state index contributed by atoms with van der Waals surface area (Å²) in [5, 5.41) is 0. The average molecular weight is 490 g/mol. The third-order valence-electron chi connectivity index (χ3n) is 9.64. The van der Waals surface area contributed by atoms with Gasteiger partial charge in [-0.3, -0.25) is 0 Å². The van der Waals surface area contributed by atoms with Crippen LogP contribution in [0.15, 0.2) is 54.1 Å². The number of hydrogen-bond acceptors (Lipinski definition) is 3. The fraction of sp³-hybridized carbons (Fsp3) is 0.576. The van der Waals surface area contributed by atoms with Crippen LogP contribution < -0.4 is 15.2 Å². The number of fused-ring (bicyclic) bond motifs is 1. The van der Waals surface area contributed by atoms with E-state index in [4.69, 9.17) is 15.2 Å². The van der Waals surface area contributed by atoms with Gasteiger partial charge in [0.2, 0.25) is 0 Å². The molecule has 0 spiro atoms. The molecule has 4 atom stereocenters. The third kappa shape index (κ3) is 4.60. The number of hydrogen-bond donors (Lipinski definition) is 1. The summed E-state index contributed by atoms with van der Waals surface area (Å²) in [6.45, 7) is 12.5. The van der Waals surface area contributed by atoms with Crippen molar-refractivity contribution in [2.24, 2.45) is 23.0 Å². The molecule has 36 heavy (non-hydrogen) atoms. The molecule has 2 N–H and O–H groups in total.